The highest BCUT2D eigenvalue weighted by atomic mass is 32.2. The number of rotatable bonds is 19. The Bertz CT molecular complexity index is 7800. The van der Waals surface area contributed by atoms with Gasteiger partial charge < -0.3 is 49.6 Å². The van der Waals surface area contributed by atoms with E-state index in [0.717, 1.165) is 38.9 Å². The van der Waals surface area contributed by atoms with Crippen LogP contribution in [0.1, 0.15) is 171 Å². The fraction of sp³-hybridized carbons (Fsp3) is 0.307. The van der Waals surface area contributed by atoms with Crippen molar-refractivity contribution in [3.05, 3.63) is 268 Å². The predicted octanol–water partition coefficient (Wildman–Crippen LogP) is 17.4. The van der Waals surface area contributed by atoms with Gasteiger partial charge in [-0.2, -0.15) is 0 Å². The van der Waals surface area contributed by atoms with E-state index in [1.165, 1.54) is 106 Å². The molecule has 0 spiro atoms. The second-order valence-corrected chi connectivity index (χ2v) is 47.7. The Kier molecular flexibility index (Phi) is 31.0. The molecule has 141 heavy (non-hydrogen) atoms. The highest BCUT2D eigenvalue weighted by Gasteiger charge is 2.35. The maximum atomic E-state index is 13.2. The number of sulfone groups is 5. The molecule has 0 saturated heterocycles. The first-order chi connectivity index (χ1) is 65.5. The monoisotopic (exact) mass is 2020 g/mol. The Hall–Kier alpha value is -14.4. The number of phenols is 6. The molecular weight excluding hydrogens is 1900 g/mol. The highest BCUT2D eigenvalue weighted by Crippen LogP contribution is 2.40. The lowest BCUT2D eigenvalue weighted by molar-refractivity contribution is 0.408. The molecule has 0 bridgehead atoms. The summed E-state index contributed by atoms with van der Waals surface area (Å²) in [6.45, 7) is 42.8. The zero-order valence-corrected chi connectivity index (χ0v) is 87.3. The Morgan fingerprint density at radius 1 is 0.241 bits per heavy atom. The molecule has 15 aromatic rings. The largest absolute Gasteiger partial charge is 0.508 e. The van der Waals surface area contributed by atoms with E-state index in [2.05, 4.69) is 135 Å². The standard InChI is InChI=1S/2C21H25N3O4S.2C20H23N3O4S.C19H21N3O4S/c1-13-11-16(8-9-17(13)21(3,4)5)29(26,27)20-14(2)24(23-22-20)18-12-15(28-6)7-10-19(18)25;1-13-11-16(8-9-17(13)21(3,4)5)29(26,27)20-14(2)24(23-22-20)18-12-15(25)7-10-19(18)28-6;1-13-19(21-22-23(13)17-12-15(27-5)8-11-18(17)24)28(25,26)16-9-6-14(7-10-16)20(2,3)4;1-13-19(21-22-23(13)17-12-15(24)8-11-18(17)27-5)28(25,26)16-9-6-14(7-10-16)20(2,3)4;1-12-18(20-21-22(12)16-11-14(23)7-10-17(16)24)27(25,26)15-8-5-13(6-9-15)19(2,3)4/h2*7-12,25H,1-6H3;2*6-12,24H,1-5H3;5-11,23-24H,1-4H3. The molecule has 0 aliphatic rings. The third-order valence-electron chi connectivity index (χ3n) is 23.0. The van der Waals surface area contributed by atoms with Crippen molar-refractivity contribution in [3.63, 3.8) is 0 Å². The normalized spacial score (nSPS) is 12.2. The smallest absolute Gasteiger partial charge is 0.227 e. The Balaban J connectivity index is 0.000000168. The first-order valence-corrected chi connectivity index (χ1v) is 51.4. The van der Waals surface area contributed by atoms with E-state index in [-0.39, 0.29) is 134 Å². The van der Waals surface area contributed by atoms with Crippen LogP contribution in [0, 0.1) is 48.5 Å². The van der Waals surface area contributed by atoms with Gasteiger partial charge in [-0.05, 0) is 236 Å². The van der Waals surface area contributed by atoms with Gasteiger partial charge in [-0.25, -0.2) is 65.5 Å². The molecule has 5 aromatic heterocycles. The third-order valence-corrected chi connectivity index (χ3v) is 31.9. The van der Waals surface area contributed by atoms with Crippen molar-refractivity contribution in [1.29, 1.82) is 0 Å². The minimum atomic E-state index is -3.88. The SMILES string of the molecule is COc1ccc(O)c(-n2nnc(S(=O)(=O)c3ccc(C(C)(C)C)c(C)c3)c2C)c1.COc1ccc(O)c(-n2nnc(S(=O)(=O)c3ccc(C(C)(C)C)cc3)c2C)c1.COc1ccc(O)cc1-n1nnc(S(=O)(=O)c2ccc(C(C)(C)C)c(C)c2)c1C.COc1ccc(O)cc1-n1nnc(S(=O)(=O)c2ccc(C(C)(C)C)cc2)c1C.Cc1c(S(=O)(=O)c2ccc(C(C)(C)C)cc2)nnn1-c1cc(O)ccc1O. The molecule has 15 rings (SSSR count). The number of methoxy groups -OCH3 is 4. The molecule has 6 N–H and O–H groups in total. The molecule has 40 heteroatoms. The first-order valence-electron chi connectivity index (χ1n) is 44.0. The molecule has 0 radical (unpaired) electrons. The molecular formula is C101H117N15O20S5. The van der Waals surface area contributed by atoms with E-state index in [9.17, 15) is 72.7 Å². The summed E-state index contributed by atoms with van der Waals surface area (Å²) in [4.78, 5) is 0.740. The number of phenolic OH excluding ortho intramolecular Hbond substituents is 6. The van der Waals surface area contributed by atoms with Crippen LogP contribution >= 0.6 is 0 Å². The zero-order chi connectivity index (χ0) is 104. The Labute approximate surface area is 821 Å². The van der Waals surface area contributed by atoms with Gasteiger partial charge in [-0.1, -0.05) is 178 Å². The van der Waals surface area contributed by atoms with Crippen LogP contribution in [0.4, 0.5) is 0 Å². The lowest BCUT2D eigenvalue weighted by Gasteiger charge is -2.22. The predicted molar refractivity (Wildman–Crippen MR) is 529 cm³/mol. The van der Waals surface area contributed by atoms with Crippen molar-refractivity contribution >= 4 is 49.2 Å². The summed E-state index contributed by atoms with van der Waals surface area (Å²) in [6, 6.07) is 52.6. The molecule has 0 saturated carbocycles. The van der Waals surface area contributed by atoms with Crippen LogP contribution in [-0.4, -0.2) is 176 Å². The van der Waals surface area contributed by atoms with Gasteiger partial charge in [0, 0.05) is 30.3 Å². The maximum Gasteiger partial charge on any atom is 0.227 e. The van der Waals surface area contributed by atoms with Crippen LogP contribution in [0.15, 0.2) is 250 Å². The highest BCUT2D eigenvalue weighted by molar-refractivity contribution is 7.92. The van der Waals surface area contributed by atoms with E-state index in [1.54, 1.807) is 156 Å². The van der Waals surface area contributed by atoms with E-state index in [1.807, 2.05) is 58.9 Å². The number of hydrogen-bond acceptors (Lipinski definition) is 30. The number of aryl methyl sites for hydroxylation is 2. The van der Waals surface area contributed by atoms with E-state index >= 15 is 0 Å². The number of benzene rings is 10. The second-order valence-electron chi connectivity index (χ2n) is 38.3. The zero-order valence-electron chi connectivity index (χ0n) is 83.2. The van der Waals surface area contributed by atoms with Gasteiger partial charge in [-0.3, -0.25) is 0 Å². The average molecular weight is 2020 g/mol. The summed E-state index contributed by atoms with van der Waals surface area (Å²) < 4.78 is 159. The van der Waals surface area contributed by atoms with Crippen LogP contribution < -0.4 is 18.9 Å². The minimum absolute atomic E-state index is 0.00729. The second kappa shape index (κ2) is 40.8. The third kappa shape index (κ3) is 22.9. The van der Waals surface area contributed by atoms with Crippen molar-refractivity contribution in [3.8, 4) is 85.9 Å². The maximum absolute atomic E-state index is 13.2. The molecule has 746 valence electrons. The Morgan fingerprint density at radius 2 is 0.461 bits per heavy atom. The first kappa shape index (κ1) is 107. The summed E-state index contributed by atoms with van der Waals surface area (Å²) in [5.41, 5.74) is 9.63. The van der Waals surface area contributed by atoms with E-state index in [0.29, 0.717) is 57.1 Å². The van der Waals surface area contributed by atoms with Gasteiger partial charge in [0.15, 0.2) is 0 Å². The minimum Gasteiger partial charge on any atom is -0.508 e. The fourth-order valence-corrected chi connectivity index (χ4v) is 22.0. The molecule has 35 nitrogen and oxygen atoms in total. The van der Waals surface area contributed by atoms with Crippen LogP contribution in [0.3, 0.4) is 0 Å². The fourth-order valence-electron chi connectivity index (χ4n) is 15.2. The van der Waals surface area contributed by atoms with Crippen LogP contribution in [0.2, 0.25) is 0 Å². The molecule has 0 aliphatic carbocycles. The van der Waals surface area contributed by atoms with Gasteiger partial charge in [0.2, 0.25) is 74.3 Å². The molecule has 0 atom stereocenters. The average Bonchev–Trinajstić information content (AvgIpc) is 1.67. The van der Waals surface area contributed by atoms with Gasteiger partial charge in [0.05, 0.1) is 81.4 Å². The van der Waals surface area contributed by atoms with Crippen LogP contribution in [-0.2, 0) is 76.3 Å². The summed E-state index contributed by atoms with van der Waals surface area (Å²) in [6.07, 6.45) is 0. The topological polar surface area (TPSA) is 483 Å². The number of aromatic nitrogens is 15. The molecule has 5 heterocycles. The van der Waals surface area contributed by atoms with Gasteiger partial charge >= 0.3 is 0 Å². The molecule has 0 aliphatic heterocycles. The summed E-state index contributed by atoms with van der Waals surface area (Å²) in [5, 5.41) is 98.0. The van der Waals surface area contributed by atoms with Crippen molar-refractivity contribution in [1.82, 2.24) is 75.0 Å². The van der Waals surface area contributed by atoms with E-state index in [4.69, 9.17) is 18.9 Å². The van der Waals surface area contributed by atoms with Crippen molar-refractivity contribution in [2.24, 2.45) is 0 Å². The van der Waals surface area contributed by atoms with Gasteiger partial charge in [0.1, 0.15) is 85.9 Å². The van der Waals surface area contributed by atoms with E-state index < -0.39 is 49.2 Å². The number of hydrogen-bond donors (Lipinski definition) is 6. The van der Waals surface area contributed by atoms with Gasteiger partial charge in [0.25, 0.3) is 0 Å². The molecule has 0 fully saturated rings. The lowest BCUT2D eigenvalue weighted by Crippen LogP contribution is -2.14. The summed E-state index contributed by atoms with van der Waals surface area (Å²) in [7, 11) is -13.4. The summed E-state index contributed by atoms with van der Waals surface area (Å²) >= 11 is 0. The van der Waals surface area contributed by atoms with Crippen molar-refractivity contribution < 1.29 is 91.7 Å². The van der Waals surface area contributed by atoms with Crippen molar-refractivity contribution in [2.45, 2.75) is 229 Å². The quantitative estimate of drug-likeness (QED) is 0.0409. The number of ether oxygens (including phenoxy) is 4. The Morgan fingerprint density at radius 3 is 0.695 bits per heavy atom. The molecule has 10 aromatic carbocycles. The summed E-state index contributed by atoms with van der Waals surface area (Å²) in [5.74, 6) is 1.53. The van der Waals surface area contributed by atoms with Crippen molar-refractivity contribution in [2.75, 3.05) is 28.4 Å². The molecule has 0 unspecified atom stereocenters. The van der Waals surface area contributed by atoms with Crippen LogP contribution in [0.25, 0.3) is 28.4 Å². The van der Waals surface area contributed by atoms with Gasteiger partial charge in [-0.15, -0.1) is 25.5 Å². The lowest BCUT2D eigenvalue weighted by atomic mass is 9.84. The van der Waals surface area contributed by atoms with Crippen LogP contribution in [0.5, 0.6) is 57.5 Å². The number of aromatic hydroxyl groups is 6. The number of nitrogens with zero attached hydrogens (tertiary/aromatic N) is 15. The molecule has 0 amide bonds.